The second-order valence-electron chi connectivity index (χ2n) is 3.52. The topological polar surface area (TPSA) is 50.9 Å². The van der Waals surface area contributed by atoms with Gasteiger partial charge in [-0.1, -0.05) is 12.2 Å². The Bertz CT molecular complexity index is 589. The normalized spacial score (nSPS) is 10.1. The van der Waals surface area contributed by atoms with E-state index in [1.165, 1.54) is 0 Å². The van der Waals surface area contributed by atoms with Gasteiger partial charge in [-0.3, -0.25) is 4.98 Å². The van der Waals surface area contributed by atoms with Gasteiger partial charge < -0.3 is 11.1 Å². The van der Waals surface area contributed by atoms with Crippen LogP contribution < -0.4 is 11.1 Å². The fraction of sp³-hybridized carbons (Fsp3) is 0. The number of hydrogen-bond donors (Lipinski definition) is 2. The molecule has 0 atom stereocenters. The van der Waals surface area contributed by atoms with Crippen LogP contribution in [-0.4, -0.2) is 9.97 Å². The Morgan fingerprint density at radius 3 is 2.78 bits per heavy atom. The lowest BCUT2D eigenvalue weighted by molar-refractivity contribution is 0.625. The SMILES string of the molecule is NC(=S)c1ccc(Nc2cccnc2)c(F)c1Br. The van der Waals surface area contributed by atoms with Gasteiger partial charge in [0.15, 0.2) is 5.82 Å². The minimum Gasteiger partial charge on any atom is -0.389 e. The van der Waals surface area contributed by atoms with Crippen molar-refractivity contribution >= 4 is 44.5 Å². The molecule has 0 radical (unpaired) electrons. The van der Waals surface area contributed by atoms with E-state index in [4.69, 9.17) is 18.0 Å². The van der Waals surface area contributed by atoms with Gasteiger partial charge in [0.25, 0.3) is 0 Å². The number of hydrogen-bond acceptors (Lipinski definition) is 3. The highest BCUT2D eigenvalue weighted by molar-refractivity contribution is 9.10. The molecule has 0 fully saturated rings. The van der Waals surface area contributed by atoms with Crippen molar-refractivity contribution in [1.29, 1.82) is 0 Å². The van der Waals surface area contributed by atoms with Gasteiger partial charge in [0.1, 0.15) is 4.99 Å². The molecular formula is C12H9BrFN3S. The highest BCUT2D eigenvalue weighted by Gasteiger charge is 2.12. The zero-order valence-corrected chi connectivity index (χ0v) is 11.6. The maximum absolute atomic E-state index is 14.1. The van der Waals surface area contributed by atoms with Crippen LogP contribution in [-0.2, 0) is 0 Å². The first kappa shape index (κ1) is 12.9. The molecule has 0 aliphatic rings. The number of nitrogens with zero attached hydrogens (tertiary/aromatic N) is 1. The van der Waals surface area contributed by atoms with E-state index in [1.54, 1.807) is 36.7 Å². The Kier molecular flexibility index (Phi) is 3.88. The summed E-state index contributed by atoms with van der Waals surface area (Å²) in [4.78, 5) is 4.09. The first-order chi connectivity index (χ1) is 8.59. The average molecular weight is 326 g/mol. The third-order valence-electron chi connectivity index (χ3n) is 2.29. The third kappa shape index (κ3) is 2.65. The van der Waals surface area contributed by atoms with Gasteiger partial charge in [-0.15, -0.1) is 0 Å². The minimum atomic E-state index is -0.441. The fourth-order valence-corrected chi connectivity index (χ4v) is 2.29. The monoisotopic (exact) mass is 325 g/mol. The van der Waals surface area contributed by atoms with Gasteiger partial charge in [-0.05, 0) is 40.2 Å². The number of anilines is 2. The first-order valence-electron chi connectivity index (χ1n) is 5.04. The van der Waals surface area contributed by atoms with Crippen molar-refractivity contribution in [3.05, 3.63) is 52.5 Å². The minimum absolute atomic E-state index is 0.147. The largest absolute Gasteiger partial charge is 0.389 e. The molecule has 2 rings (SSSR count). The van der Waals surface area contributed by atoms with Crippen LogP contribution in [0.4, 0.5) is 15.8 Å². The summed E-state index contributed by atoms with van der Waals surface area (Å²) in [5.74, 6) is -0.441. The summed E-state index contributed by atoms with van der Waals surface area (Å²) in [6, 6.07) is 6.80. The Balaban J connectivity index is 2.36. The lowest BCUT2D eigenvalue weighted by Crippen LogP contribution is -2.11. The van der Waals surface area contributed by atoms with E-state index in [2.05, 4.69) is 26.2 Å². The molecule has 0 aliphatic carbocycles. The third-order valence-corrected chi connectivity index (χ3v) is 3.28. The van der Waals surface area contributed by atoms with Crippen LogP contribution in [0.5, 0.6) is 0 Å². The zero-order chi connectivity index (χ0) is 13.1. The summed E-state index contributed by atoms with van der Waals surface area (Å²) in [6.07, 6.45) is 3.25. The second kappa shape index (κ2) is 5.41. The molecule has 1 heterocycles. The van der Waals surface area contributed by atoms with Gasteiger partial charge in [0.05, 0.1) is 22.0 Å². The summed E-state index contributed by atoms with van der Waals surface area (Å²) in [7, 11) is 0. The van der Waals surface area contributed by atoms with E-state index in [-0.39, 0.29) is 9.46 Å². The Morgan fingerprint density at radius 2 is 2.17 bits per heavy atom. The molecular weight excluding hydrogens is 317 g/mol. The molecule has 6 heteroatoms. The van der Waals surface area contributed by atoms with Crippen LogP contribution in [0.2, 0.25) is 0 Å². The number of thiocarbonyl (C=S) groups is 1. The lowest BCUT2D eigenvalue weighted by atomic mass is 10.2. The van der Waals surface area contributed by atoms with Gasteiger partial charge in [-0.25, -0.2) is 4.39 Å². The zero-order valence-electron chi connectivity index (χ0n) is 9.15. The highest BCUT2D eigenvalue weighted by Crippen LogP contribution is 2.28. The van der Waals surface area contributed by atoms with Crippen LogP contribution in [0.25, 0.3) is 0 Å². The van der Waals surface area contributed by atoms with Crippen LogP contribution in [0.3, 0.4) is 0 Å². The average Bonchev–Trinajstić information content (AvgIpc) is 2.36. The number of benzene rings is 1. The van der Waals surface area contributed by atoms with Gasteiger partial charge in [-0.2, -0.15) is 0 Å². The maximum Gasteiger partial charge on any atom is 0.161 e. The fourth-order valence-electron chi connectivity index (χ4n) is 1.43. The van der Waals surface area contributed by atoms with Crippen LogP contribution in [0, 0.1) is 5.82 Å². The maximum atomic E-state index is 14.1. The summed E-state index contributed by atoms with van der Waals surface area (Å²) >= 11 is 7.98. The molecule has 3 nitrogen and oxygen atoms in total. The number of halogens is 2. The quantitative estimate of drug-likeness (QED) is 0.849. The number of rotatable bonds is 3. The Labute approximate surface area is 117 Å². The van der Waals surface area contributed by atoms with Crippen molar-refractivity contribution in [3.8, 4) is 0 Å². The van der Waals surface area contributed by atoms with Gasteiger partial charge >= 0.3 is 0 Å². The lowest BCUT2D eigenvalue weighted by Gasteiger charge is -2.10. The first-order valence-corrected chi connectivity index (χ1v) is 6.24. The summed E-state index contributed by atoms with van der Waals surface area (Å²) in [5.41, 5.74) is 6.99. The molecule has 0 aliphatic heterocycles. The van der Waals surface area contributed by atoms with Crippen LogP contribution in [0.15, 0.2) is 41.1 Å². The van der Waals surface area contributed by atoms with Crippen LogP contribution >= 0.6 is 28.1 Å². The molecule has 18 heavy (non-hydrogen) atoms. The smallest absolute Gasteiger partial charge is 0.161 e. The Morgan fingerprint density at radius 1 is 1.39 bits per heavy atom. The number of pyridine rings is 1. The van der Waals surface area contributed by atoms with E-state index in [1.807, 2.05) is 0 Å². The molecule has 0 saturated heterocycles. The molecule has 0 amide bonds. The second-order valence-corrected chi connectivity index (χ2v) is 4.75. The molecule has 0 spiro atoms. The van der Waals surface area contributed by atoms with E-state index in [0.717, 1.165) is 0 Å². The summed E-state index contributed by atoms with van der Waals surface area (Å²) in [6.45, 7) is 0. The number of aromatic nitrogens is 1. The molecule has 2 aromatic rings. The Hall–Kier alpha value is -1.53. The number of nitrogens with one attached hydrogen (secondary N) is 1. The van der Waals surface area contributed by atoms with Crippen molar-refractivity contribution in [2.24, 2.45) is 5.73 Å². The molecule has 92 valence electrons. The molecule has 0 saturated carbocycles. The molecule has 1 aromatic carbocycles. The molecule has 3 N–H and O–H groups in total. The van der Waals surface area contributed by atoms with Crippen molar-refractivity contribution in [2.75, 3.05) is 5.32 Å². The highest BCUT2D eigenvalue weighted by atomic mass is 79.9. The molecule has 1 aromatic heterocycles. The molecule has 0 unspecified atom stereocenters. The van der Waals surface area contributed by atoms with Crippen molar-refractivity contribution in [2.45, 2.75) is 0 Å². The molecule has 0 bridgehead atoms. The van der Waals surface area contributed by atoms with Crippen molar-refractivity contribution in [3.63, 3.8) is 0 Å². The van der Waals surface area contributed by atoms with Crippen molar-refractivity contribution in [1.82, 2.24) is 4.98 Å². The van der Waals surface area contributed by atoms with E-state index in [0.29, 0.717) is 16.9 Å². The van der Waals surface area contributed by atoms with E-state index < -0.39 is 5.82 Å². The van der Waals surface area contributed by atoms with Gasteiger partial charge in [0, 0.05) is 11.8 Å². The number of nitrogens with two attached hydrogens (primary N) is 1. The standard InChI is InChI=1S/C12H9BrFN3S/c13-10-8(12(15)18)3-4-9(11(10)14)17-7-2-1-5-16-6-7/h1-6,17H,(H2,15,18). The van der Waals surface area contributed by atoms with E-state index >= 15 is 0 Å². The summed E-state index contributed by atoms with van der Waals surface area (Å²) < 4.78 is 14.3. The summed E-state index contributed by atoms with van der Waals surface area (Å²) in [5, 5.41) is 2.93. The van der Waals surface area contributed by atoms with Gasteiger partial charge in [0.2, 0.25) is 0 Å². The predicted molar refractivity (Wildman–Crippen MR) is 77.5 cm³/mol. The van der Waals surface area contributed by atoms with E-state index in [9.17, 15) is 4.39 Å². The predicted octanol–water partition coefficient (Wildman–Crippen LogP) is 3.36. The van der Waals surface area contributed by atoms with Crippen LogP contribution in [0.1, 0.15) is 5.56 Å². The van der Waals surface area contributed by atoms with Crippen molar-refractivity contribution < 1.29 is 4.39 Å².